The first-order valence-electron chi connectivity index (χ1n) is 11.5. The van der Waals surface area contributed by atoms with Crippen molar-refractivity contribution in [2.45, 2.75) is 71.3 Å². The van der Waals surface area contributed by atoms with Gasteiger partial charge in [-0.3, -0.25) is 0 Å². The molecular weight excluding hydrogens is 424 g/mol. The van der Waals surface area contributed by atoms with Crippen molar-refractivity contribution in [3.8, 4) is 0 Å². The summed E-state index contributed by atoms with van der Waals surface area (Å²) in [5, 5.41) is 13.4. The highest BCUT2D eigenvalue weighted by molar-refractivity contribution is 5.87. The van der Waals surface area contributed by atoms with Gasteiger partial charge in [-0.2, -0.15) is 8.78 Å². The van der Waals surface area contributed by atoms with Gasteiger partial charge in [0.1, 0.15) is 5.82 Å². The third-order valence-corrected chi connectivity index (χ3v) is 5.58. The monoisotopic (exact) mass is 455 g/mol. The maximum atomic E-state index is 14.4. The molecule has 0 saturated heterocycles. The molecule has 176 valence electrons. The zero-order chi connectivity index (χ0) is 23.8. The average Bonchev–Trinajstić information content (AvgIpc) is 3.19. The summed E-state index contributed by atoms with van der Waals surface area (Å²) in [5.74, 6) is -3.75. The number of hydrogen-bond donors (Lipinski definition) is 1. The molecule has 0 saturated carbocycles. The van der Waals surface area contributed by atoms with Gasteiger partial charge in [0.15, 0.2) is 0 Å². The number of aryl methyl sites for hydroxylation is 1. The van der Waals surface area contributed by atoms with Gasteiger partial charge in [0, 0.05) is 12.8 Å². The summed E-state index contributed by atoms with van der Waals surface area (Å²) in [4.78, 5) is 15.4. The first kappa shape index (κ1) is 24.6. The molecule has 0 fully saturated rings. The average molecular weight is 456 g/mol. The molecule has 33 heavy (non-hydrogen) atoms. The normalized spacial score (nSPS) is 11.6. The molecule has 1 aromatic heterocycles. The van der Waals surface area contributed by atoms with Crippen molar-refractivity contribution >= 4 is 5.97 Å². The second-order valence-electron chi connectivity index (χ2n) is 8.42. The molecule has 2 aromatic carbocycles. The minimum Gasteiger partial charge on any atom is -0.478 e. The smallest absolute Gasteiger partial charge is 0.335 e. The van der Waals surface area contributed by atoms with Crippen molar-refractivity contribution in [3.05, 3.63) is 82.4 Å². The number of unbranched alkanes of at least 4 members (excludes halogenated alkanes) is 2. The van der Waals surface area contributed by atoms with Gasteiger partial charge in [0.25, 0.3) is 0 Å². The van der Waals surface area contributed by atoms with Crippen molar-refractivity contribution in [1.82, 2.24) is 14.8 Å². The minimum atomic E-state index is -3.02. The van der Waals surface area contributed by atoms with Gasteiger partial charge in [-0.1, -0.05) is 63.1 Å². The van der Waals surface area contributed by atoms with E-state index in [9.17, 15) is 13.6 Å². The Kier molecular flexibility index (Phi) is 8.31. The van der Waals surface area contributed by atoms with Crippen LogP contribution in [0.4, 0.5) is 8.78 Å². The molecule has 0 aliphatic carbocycles. The predicted molar refractivity (Wildman–Crippen MR) is 124 cm³/mol. The van der Waals surface area contributed by atoms with E-state index in [1.165, 1.54) is 0 Å². The molecule has 5 nitrogen and oxygen atoms in total. The van der Waals surface area contributed by atoms with Crippen molar-refractivity contribution in [2.24, 2.45) is 0 Å². The van der Waals surface area contributed by atoms with E-state index in [0.717, 1.165) is 36.0 Å². The van der Waals surface area contributed by atoms with Crippen LogP contribution in [0.2, 0.25) is 0 Å². The number of carbonyl (C=O) groups is 1. The Bertz CT molecular complexity index is 1060. The molecule has 1 N–H and O–H groups in total. The lowest BCUT2D eigenvalue weighted by Gasteiger charge is -2.10. The SMILES string of the molecule is CCCCCc1nc(C(F)(F)CCC)nn1Cc1ccc(Cc2cccc(C(=O)O)c2)cc1. The number of hydrogen-bond acceptors (Lipinski definition) is 3. The van der Waals surface area contributed by atoms with E-state index in [2.05, 4.69) is 17.0 Å². The molecule has 0 unspecified atom stereocenters. The van der Waals surface area contributed by atoms with E-state index in [-0.39, 0.29) is 17.8 Å². The fourth-order valence-corrected chi connectivity index (χ4v) is 3.79. The molecule has 3 aromatic rings. The summed E-state index contributed by atoms with van der Waals surface area (Å²) < 4.78 is 30.5. The van der Waals surface area contributed by atoms with Crippen LogP contribution in [-0.2, 0) is 25.3 Å². The number of aromatic carboxylic acids is 1. The van der Waals surface area contributed by atoms with E-state index < -0.39 is 11.9 Å². The number of carboxylic acids is 1. The number of benzene rings is 2. The molecule has 0 atom stereocenters. The predicted octanol–water partition coefficient (Wildman–Crippen LogP) is 6.24. The molecule has 0 aliphatic rings. The first-order chi connectivity index (χ1) is 15.8. The van der Waals surface area contributed by atoms with Gasteiger partial charge in [0.2, 0.25) is 5.82 Å². The number of carboxylic acid groups (broad SMARTS) is 1. The Hall–Kier alpha value is -3.09. The van der Waals surface area contributed by atoms with Crippen LogP contribution in [0.1, 0.15) is 84.6 Å². The van der Waals surface area contributed by atoms with Crippen molar-refractivity contribution in [3.63, 3.8) is 0 Å². The highest BCUT2D eigenvalue weighted by Gasteiger charge is 2.36. The zero-order valence-corrected chi connectivity index (χ0v) is 19.2. The Labute approximate surface area is 193 Å². The van der Waals surface area contributed by atoms with E-state index >= 15 is 0 Å². The fourth-order valence-electron chi connectivity index (χ4n) is 3.79. The minimum absolute atomic E-state index is 0.261. The molecule has 0 bridgehead atoms. The van der Waals surface area contributed by atoms with Crippen LogP contribution >= 0.6 is 0 Å². The van der Waals surface area contributed by atoms with Gasteiger partial charge >= 0.3 is 11.9 Å². The second kappa shape index (κ2) is 11.2. The Balaban J connectivity index is 1.75. The molecule has 7 heteroatoms. The fraction of sp³-hybridized carbons (Fsp3) is 0.423. The number of rotatable bonds is 12. The van der Waals surface area contributed by atoms with E-state index in [4.69, 9.17) is 5.11 Å². The lowest BCUT2D eigenvalue weighted by molar-refractivity contribution is -0.0232. The largest absolute Gasteiger partial charge is 0.478 e. The molecular formula is C26H31F2N3O2. The third-order valence-electron chi connectivity index (χ3n) is 5.58. The van der Waals surface area contributed by atoms with Gasteiger partial charge in [0.05, 0.1) is 12.1 Å². The number of nitrogens with zero attached hydrogens (tertiary/aromatic N) is 3. The van der Waals surface area contributed by atoms with E-state index in [1.54, 1.807) is 29.8 Å². The molecule has 0 radical (unpaired) electrons. The molecule has 0 aliphatic heterocycles. The van der Waals surface area contributed by atoms with Gasteiger partial charge < -0.3 is 5.11 Å². The number of aromatic nitrogens is 3. The lowest BCUT2D eigenvalue weighted by atomic mass is 10.0. The van der Waals surface area contributed by atoms with Crippen molar-refractivity contribution in [2.75, 3.05) is 0 Å². The van der Waals surface area contributed by atoms with Crippen LogP contribution in [0.3, 0.4) is 0 Å². The molecule has 3 rings (SSSR count). The summed E-state index contributed by atoms with van der Waals surface area (Å²) in [6.45, 7) is 4.21. The second-order valence-corrected chi connectivity index (χ2v) is 8.42. The summed E-state index contributed by atoms with van der Waals surface area (Å²) in [5.41, 5.74) is 3.17. The van der Waals surface area contributed by atoms with E-state index in [1.807, 2.05) is 30.3 Å². The lowest BCUT2D eigenvalue weighted by Crippen LogP contribution is -2.15. The van der Waals surface area contributed by atoms with Crippen LogP contribution in [0.25, 0.3) is 0 Å². The number of alkyl halides is 2. The number of halogens is 2. The highest BCUT2D eigenvalue weighted by atomic mass is 19.3. The highest BCUT2D eigenvalue weighted by Crippen LogP contribution is 2.31. The standard InChI is InChI=1S/C26H31F2N3O2/c1-3-5-6-10-23-29-25(26(27,28)15-4-2)30-31(23)18-20-13-11-19(12-14-20)16-21-8-7-9-22(17-21)24(32)33/h7-9,11-14,17H,3-6,10,15-16,18H2,1-2H3,(H,32,33). The molecule has 1 heterocycles. The summed E-state index contributed by atoms with van der Waals surface area (Å²) in [6.07, 6.45) is 4.30. The third kappa shape index (κ3) is 6.70. The van der Waals surface area contributed by atoms with Gasteiger partial charge in [-0.15, -0.1) is 5.10 Å². The summed E-state index contributed by atoms with van der Waals surface area (Å²) in [6, 6.07) is 14.7. The quantitative estimate of drug-likeness (QED) is 0.328. The first-order valence-corrected chi connectivity index (χ1v) is 11.5. The molecule has 0 amide bonds. The maximum Gasteiger partial charge on any atom is 0.335 e. The van der Waals surface area contributed by atoms with Crippen LogP contribution < -0.4 is 0 Å². The maximum absolute atomic E-state index is 14.4. The van der Waals surface area contributed by atoms with Gasteiger partial charge in [-0.25, -0.2) is 14.5 Å². The van der Waals surface area contributed by atoms with Crippen molar-refractivity contribution in [1.29, 1.82) is 0 Å². The van der Waals surface area contributed by atoms with Crippen LogP contribution in [-0.4, -0.2) is 25.8 Å². The Morgan fingerprint density at radius 3 is 2.39 bits per heavy atom. The molecule has 0 spiro atoms. The Morgan fingerprint density at radius 1 is 1.00 bits per heavy atom. The zero-order valence-electron chi connectivity index (χ0n) is 19.2. The van der Waals surface area contributed by atoms with Crippen LogP contribution in [0, 0.1) is 0 Å². The topological polar surface area (TPSA) is 68.0 Å². The summed E-state index contributed by atoms with van der Waals surface area (Å²) >= 11 is 0. The Morgan fingerprint density at radius 2 is 1.73 bits per heavy atom. The van der Waals surface area contributed by atoms with Crippen LogP contribution in [0.5, 0.6) is 0 Å². The van der Waals surface area contributed by atoms with Gasteiger partial charge in [-0.05, 0) is 48.1 Å². The van der Waals surface area contributed by atoms with E-state index in [0.29, 0.717) is 31.6 Å². The summed E-state index contributed by atoms with van der Waals surface area (Å²) in [7, 11) is 0. The van der Waals surface area contributed by atoms with Crippen LogP contribution in [0.15, 0.2) is 48.5 Å². The van der Waals surface area contributed by atoms with Crippen molar-refractivity contribution < 1.29 is 18.7 Å².